The van der Waals surface area contributed by atoms with E-state index >= 15 is 9.18 Å². The van der Waals surface area contributed by atoms with E-state index in [4.69, 9.17) is 21.3 Å². The molecule has 0 radical (unpaired) electrons. The van der Waals surface area contributed by atoms with E-state index in [2.05, 4.69) is 6.58 Å². The van der Waals surface area contributed by atoms with Gasteiger partial charge < -0.3 is 24.3 Å². The average Bonchev–Trinajstić information content (AvgIpc) is 3.07. The molecule has 3 aromatic heterocycles. The van der Waals surface area contributed by atoms with Crippen LogP contribution in [-0.2, 0) is 9.59 Å². The van der Waals surface area contributed by atoms with Gasteiger partial charge in [-0.25, -0.2) is 13.8 Å². The Balaban J connectivity index is 1.65. The first-order valence-electron chi connectivity index (χ1n) is 16.2. The van der Waals surface area contributed by atoms with Crippen molar-refractivity contribution in [3.05, 3.63) is 81.6 Å². The molecule has 0 spiro atoms. The maximum Gasteiger partial charge on any atom is 0.365 e. The number of anilines is 2. The molecule has 4 aromatic rings. The number of benzene rings is 1. The fraction of sp³-hybridized carbons (Fsp3) is 0.361. The zero-order valence-electron chi connectivity index (χ0n) is 28.3. The molecule has 0 N–H and O–H groups in total. The molecule has 7 rings (SSSR count). The Bertz CT molecular complexity index is 2150. The maximum atomic E-state index is 15.9. The van der Waals surface area contributed by atoms with Crippen molar-refractivity contribution in [1.29, 1.82) is 0 Å². The summed E-state index contributed by atoms with van der Waals surface area (Å²) in [6, 6.07) is 6.64. The molecule has 11 nitrogen and oxygen atoms in total. The van der Waals surface area contributed by atoms with Crippen LogP contribution >= 0.6 is 11.6 Å². The summed E-state index contributed by atoms with van der Waals surface area (Å²) in [4.78, 5) is 54.5. The van der Waals surface area contributed by atoms with E-state index in [-0.39, 0.29) is 59.5 Å². The first-order valence-corrected chi connectivity index (χ1v) is 16.6. The SMILES string of the molecule is C=CC(=O)N1C[C@@H]2C(=O)N(CCN(C)C)c3c(c4cc(Cl)c(-c5c(F)cccc5OC)[n+]5c4n(c3=O)-c3c(C)ccnc3C5C)N2C[C@H]1C. The minimum absolute atomic E-state index is 0.119. The molecule has 0 aliphatic carbocycles. The highest BCUT2D eigenvalue weighted by Gasteiger charge is 2.50. The van der Waals surface area contributed by atoms with Crippen LogP contribution in [0.3, 0.4) is 0 Å². The van der Waals surface area contributed by atoms with Gasteiger partial charge >= 0.3 is 5.56 Å². The molecule has 1 fully saturated rings. The van der Waals surface area contributed by atoms with Gasteiger partial charge in [0.2, 0.25) is 5.91 Å². The highest BCUT2D eigenvalue weighted by Crippen LogP contribution is 2.46. The number of likely N-dealkylation sites (N-methyl/N-ethyl adjacent to an activating group) is 1. The first kappa shape index (κ1) is 32.7. The van der Waals surface area contributed by atoms with Crippen LogP contribution in [0.15, 0.2) is 54.0 Å². The molecule has 254 valence electrons. The number of pyridine rings is 3. The zero-order valence-corrected chi connectivity index (χ0v) is 29.1. The summed E-state index contributed by atoms with van der Waals surface area (Å²) >= 11 is 7.24. The van der Waals surface area contributed by atoms with E-state index in [0.717, 1.165) is 5.56 Å². The minimum atomic E-state index is -0.761. The standard InChI is InChI=1S/C36H38ClFN7O4/c1-8-27(46)42-18-25-35(47)41(15-14-40(5)6)33-31(43(25)17-20(42)3)22-16-23(37)32(28-24(38)10-9-11-26(28)49-7)44-21(4)29-30(19(2)12-13-39-29)45(34(22)44)36(33)48/h8-13,16,20-21,25H,1,14-15,17-18H2,2-7H3/q+1/t20-,21?,25-/m1/s1. The van der Waals surface area contributed by atoms with Crippen LogP contribution in [0.1, 0.15) is 31.1 Å². The summed E-state index contributed by atoms with van der Waals surface area (Å²) in [7, 11) is 5.27. The van der Waals surface area contributed by atoms with Gasteiger partial charge in [-0.05, 0) is 65.2 Å². The molecule has 1 aromatic carbocycles. The van der Waals surface area contributed by atoms with Gasteiger partial charge in [0, 0.05) is 37.4 Å². The van der Waals surface area contributed by atoms with Crippen LogP contribution in [0.4, 0.5) is 15.8 Å². The summed E-state index contributed by atoms with van der Waals surface area (Å²) in [6.07, 6.45) is 2.95. The van der Waals surface area contributed by atoms with Crippen LogP contribution in [0, 0.1) is 12.7 Å². The third-order valence-electron chi connectivity index (χ3n) is 9.97. The number of ether oxygens (including phenoxy) is 1. The van der Waals surface area contributed by atoms with E-state index in [1.165, 1.54) is 19.3 Å². The topological polar surface area (TPSA) is 95.1 Å². The Labute approximate surface area is 288 Å². The quantitative estimate of drug-likeness (QED) is 0.225. The van der Waals surface area contributed by atoms with Crippen molar-refractivity contribution in [2.45, 2.75) is 38.9 Å². The number of hydrogen-bond acceptors (Lipinski definition) is 7. The smallest absolute Gasteiger partial charge is 0.365 e. The third kappa shape index (κ3) is 4.75. The van der Waals surface area contributed by atoms with Gasteiger partial charge in [0.15, 0.2) is 17.1 Å². The second kappa shape index (κ2) is 12.0. The number of halogens is 2. The number of methoxy groups -OCH3 is 1. The highest BCUT2D eigenvalue weighted by molar-refractivity contribution is 6.33. The molecule has 1 unspecified atom stereocenters. The molecule has 13 heteroatoms. The Morgan fingerprint density at radius 1 is 1.18 bits per heavy atom. The van der Waals surface area contributed by atoms with Crippen LogP contribution < -0.4 is 24.7 Å². The van der Waals surface area contributed by atoms with Gasteiger partial charge in [0.25, 0.3) is 11.6 Å². The van der Waals surface area contributed by atoms with E-state index in [0.29, 0.717) is 40.3 Å². The van der Waals surface area contributed by atoms with Crippen LogP contribution in [0.25, 0.3) is 28.0 Å². The molecule has 0 saturated carbocycles. The number of carbonyl (C=O) groups excluding carboxylic acids is 2. The van der Waals surface area contributed by atoms with Gasteiger partial charge in [-0.2, -0.15) is 4.57 Å². The lowest BCUT2D eigenvalue weighted by molar-refractivity contribution is -0.679. The monoisotopic (exact) mass is 686 g/mol. The molecular weight excluding hydrogens is 649 g/mol. The zero-order chi connectivity index (χ0) is 35.0. The van der Waals surface area contributed by atoms with Crippen molar-refractivity contribution in [2.75, 3.05) is 57.2 Å². The van der Waals surface area contributed by atoms with E-state index in [1.54, 1.807) is 38.8 Å². The highest BCUT2D eigenvalue weighted by atomic mass is 35.5. The number of nitrogens with zero attached hydrogens (tertiary/aromatic N) is 7. The lowest BCUT2D eigenvalue weighted by Crippen LogP contribution is -2.67. The third-order valence-corrected chi connectivity index (χ3v) is 10.3. The Morgan fingerprint density at radius 2 is 1.94 bits per heavy atom. The number of hydrogen-bond donors (Lipinski definition) is 0. The van der Waals surface area contributed by atoms with E-state index < -0.39 is 23.5 Å². The summed E-state index contributed by atoms with van der Waals surface area (Å²) in [6.45, 7) is 10.6. The summed E-state index contributed by atoms with van der Waals surface area (Å²) in [5.74, 6) is -0.794. The predicted molar refractivity (Wildman–Crippen MR) is 186 cm³/mol. The number of amides is 2. The number of aromatic nitrogens is 3. The number of carbonyl (C=O) groups is 2. The molecule has 2 amide bonds. The lowest BCUT2D eigenvalue weighted by atomic mass is 9.96. The summed E-state index contributed by atoms with van der Waals surface area (Å²) < 4.78 is 25.0. The largest absolute Gasteiger partial charge is 0.496 e. The van der Waals surface area contributed by atoms with Crippen molar-refractivity contribution in [3.63, 3.8) is 0 Å². The van der Waals surface area contributed by atoms with Gasteiger partial charge in [-0.3, -0.25) is 14.6 Å². The van der Waals surface area contributed by atoms with Crippen molar-refractivity contribution >= 4 is 45.8 Å². The van der Waals surface area contributed by atoms with Gasteiger partial charge in [0.1, 0.15) is 34.9 Å². The number of rotatable bonds is 6. The van der Waals surface area contributed by atoms with Crippen molar-refractivity contribution in [2.24, 2.45) is 0 Å². The molecule has 6 heterocycles. The van der Waals surface area contributed by atoms with Crippen LogP contribution in [0.2, 0.25) is 5.02 Å². The summed E-state index contributed by atoms with van der Waals surface area (Å²) in [5.41, 5.74) is 3.38. The molecular formula is C36H38ClFN7O4+. The average molecular weight is 687 g/mol. The van der Waals surface area contributed by atoms with E-state index in [9.17, 15) is 9.59 Å². The normalized spacial score (nSPS) is 19.6. The molecule has 3 aliphatic heterocycles. The fourth-order valence-corrected chi connectivity index (χ4v) is 7.96. The summed E-state index contributed by atoms with van der Waals surface area (Å²) in [5, 5.41) is 0.843. The van der Waals surface area contributed by atoms with Crippen molar-refractivity contribution in [1.82, 2.24) is 19.4 Å². The number of aryl methyl sites for hydroxylation is 1. The minimum Gasteiger partial charge on any atom is -0.496 e. The molecule has 1 saturated heterocycles. The first-order chi connectivity index (χ1) is 23.4. The molecule has 3 atom stereocenters. The lowest BCUT2D eigenvalue weighted by Gasteiger charge is -2.50. The fourth-order valence-electron chi connectivity index (χ4n) is 7.67. The van der Waals surface area contributed by atoms with Gasteiger partial charge in [0.05, 0.1) is 29.8 Å². The van der Waals surface area contributed by atoms with E-state index in [1.807, 2.05) is 55.3 Å². The predicted octanol–water partition coefficient (Wildman–Crippen LogP) is 3.87. The Morgan fingerprint density at radius 3 is 2.63 bits per heavy atom. The molecule has 3 aliphatic rings. The van der Waals surface area contributed by atoms with Gasteiger partial charge in [-0.15, -0.1) is 0 Å². The second-order valence-corrected chi connectivity index (χ2v) is 13.6. The Hall–Kier alpha value is -4.81. The molecule has 49 heavy (non-hydrogen) atoms. The molecule has 0 bridgehead atoms. The van der Waals surface area contributed by atoms with Gasteiger partial charge in [-0.1, -0.05) is 24.2 Å². The number of fused-ring (bicyclic) bond motifs is 6. The van der Waals surface area contributed by atoms with Crippen molar-refractivity contribution < 1.29 is 23.3 Å². The van der Waals surface area contributed by atoms with Crippen molar-refractivity contribution in [3.8, 4) is 22.7 Å². The Kier molecular flexibility index (Phi) is 7.98. The number of piperazine rings is 1. The van der Waals surface area contributed by atoms with Crippen LogP contribution in [-0.4, -0.2) is 90.6 Å². The second-order valence-electron chi connectivity index (χ2n) is 13.1. The van der Waals surface area contributed by atoms with Crippen LogP contribution in [0.5, 0.6) is 5.75 Å². The maximum absolute atomic E-state index is 15.9.